The van der Waals surface area contributed by atoms with Crippen molar-refractivity contribution in [2.24, 2.45) is 0 Å². The lowest BCUT2D eigenvalue weighted by Crippen LogP contribution is -2.44. The molecule has 2 aromatic rings. The molecule has 0 spiro atoms. The second kappa shape index (κ2) is 8.62. The van der Waals surface area contributed by atoms with Crippen molar-refractivity contribution in [1.82, 2.24) is 14.7 Å². The van der Waals surface area contributed by atoms with Crippen LogP contribution in [-0.2, 0) is 14.8 Å². The maximum atomic E-state index is 12.6. The number of nitrogens with zero attached hydrogens (tertiary/aromatic N) is 1. The van der Waals surface area contributed by atoms with E-state index < -0.39 is 16.1 Å². The van der Waals surface area contributed by atoms with Crippen LogP contribution in [-0.4, -0.2) is 48.1 Å². The highest BCUT2D eigenvalue weighted by molar-refractivity contribution is 7.98. The van der Waals surface area contributed by atoms with Gasteiger partial charge in [0.25, 0.3) is 0 Å². The first-order valence-corrected chi connectivity index (χ1v) is 12.3. The summed E-state index contributed by atoms with van der Waals surface area (Å²) in [6, 6.07) is 4.73. The quantitative estimate of drug-likeness (QED) is 0.590. The monoisotopic (exact) mass is 410 g/mol. The van der Waals surface area contributed by atoms with E-state index >= 15 is 0 Å². The maximum Gasteiger partial charge on any atom is 0.242 e. The lowest BCUT2D eigenvalue weighted by Gasteiger charge is -2.22. The molecule has 0 radical (unpaired) electrons. The molecule has 1 aliphatic rings. The Kier molecular flexibility index (Phi) is 6.44. The normalized spacial score (nSPS) is 16.2. The molecule has 3 N–H and O–H groups in total. The number of imidazole rings is 1. The van der Waals surface area contributed by atoms with Crippen molar-refractivity contribution in [2.75, 3.05) is 23.1 Å². The van der Waals surface area contributed by atoms with E-state index in [1.807, 2.05) is 18.4 Å². The number of sulfonamides is 1. The number of fused-ring (bicyclic) bond motifs is 1. The fourth-order valence-electron chi connectivity index (χ4n) is 2.99. The summed E-state index contributed by atoms with van der Waals surface area (Å²) < 4.78 is 26.3. The summed E-state index contributed by atoms with van der Waals surface area (Å²) in [5, 5.41) is 2.83. The molecule has 1 aromatic heterocycles. The molecular weight excluding hydrogens is 384 g/mol. The molecule has 1 saturated carbocycles. The van der Waals surface area contributed by atoms with Gasteiger partial charge in [-0.2, -0.15) is 11.8 Å². The van der Waals surface area contributed by atoms with Crippen LogP contribution in [0.15, 0.2) is 18.2 Å². The van der Waals surface area contributed by atoms with Crippen molar-refractivity contribution >= 4 is 44.4 Å². The van der Waals surface area contributed by atoms with Crippen LogP contribution < -0.4 is 10.0 Å². The van der Waals surface area contributed by atoms with Gasteiger partial charge in [-0.3, -0.25) is 4.79 Å². The molecule has 1 amide bonds. The summed E-state index contributed by atoms with van der Waals surface area (Å²) in [6.45, 7) is 1.55. The largest absolute Gasteiger partial charge is 0.342 e. The number of amides is 1. The van der Waals surface area contributed by atoms with Gasteiger partial charge in [0.1, 0.15) is 11.9 Å². The third kappa shape index (κ3) is 5.03. The highest BCUT2D eigenvalue weighted by atomic mass is 32.2. The van der Waals surface area contributed by atoms with Gasteiger partial charge in [0.15, 0.2) is 0 Å². The highest BCUT2D eigenvalue weighted by Gasteiger charge is 2.24. The number of rotatable bonds is 9. The zero-order valence-electron chi connectivity index (χ0n) is 15.6. The third-order valence-electron chi connectivity index (χ3n) is 4.89. The molecule has 1 fully saturated rings. The van der Waals surface area contributed by atoms with Gasteiger partial charge < -0.3 is 10.3 Å². The molecule has 1 unspecified atom stereocenters. The fraction of sp³-hybridized carbons (Fsp3) is 0.556. The summed E-state index contributed by atoms with van der Waals surface area (Å²) in [5.74, 6) is 1.80. The van der Waals surface area contributed by atoms with Crippen molar-refractivity contribution in [3.05, 3.63) is 24.0 Å². The highest BCUT2D eigenvalue weighted by Crippen LogP contribution is 2.35. The van der Waals surface area contributed by atoms with E-state index in [0.29, 0.717) is 23.8 Å². The van der Waals surface area contributed by atoms with Crippen LogP contribution in [0.3, 0.4) is 0 Å². The molecular formula is C18H26N4O3S2. The number of hydrogen-bond acceptors (Lipinski definition) is 5. The van der Waals surface area contributed by atoms with E-state index in [4.69, 9.17) is 0 Å². The van der Waals surface area contributed by atoms with Gasteiger partial charge in [-0.25, -0.2) is 18.1 Å². The van der Waals surface area contributed by atoms with Crippen LogP contribution in [0.1, 0.15) is 44.3 Å². The minimum absolute atomic E-state index is 0.0555. The number of aromatic amines is 1. The standard InChI is InChI=1S/C18H26N4O3S2/c1-3-27(24,25)22-15(9-10-26-2)18(23)19-13-7-8-14-16(11-13)21-17(20-14)12-5-4-6-12/h7-8,11-12,15,22H,3-6,9-10H2,1-2H3,(H,19,23)(H,20,21). The molecule has 1 aliphatic carbocycles. The molecule has 7 nitrogen and oxygen atoms in total. The van der Waals surface area contributed by atoms with E-state index in [9.17, 15) is 13.2 Å². The van der Waals surface area contributed by atoms with E-state index in [0.717, 1.165) is 29.7 Å². The minimum Gasteiger partial charge on any atom is -0.342 e. The molecule has 1 aromatic carbocycles. The first-order chi connectivity index (χ1) is 12.9. The van der Waals surface area contributed by atoms with Crippen LogP contribution in [0.5, 0.6) is 0 Å². The van der Waals surface area contributed by atoms with E-state index in [1.165, 1.54) is 6.42 Å². The molecule has 27 heavy (non-hydrogen) atoms. The van der Waals surface area contributed by atoms with Gasteiger partial charge >= 0.3 is 0 Å². The summed E-state index contributed by atoms with van der Waals surface area (Å²) in [5.41, 5.74) is 2.38. The van der Waals surface area contributed by atoms with E-state index in [1.54, 1.807) is 24.8 Å². The lowest BCUT2D eigenvalue weighted by molar-refractivity contribution is -0.117. The molecule has 3 rings (SSSR count). The number of thioether (sulfide) groups is 1. The number of anilines is 1. The number of carbonyl (C=O) groups is 1. The van der Waals surface area contributed by atoms with Gasteiger partial charge in [0, 0.05) is 11.6 Å². The average Bonchev–Trinajstić information content (AvgIpc) is 2.99. The second-order valence-corrected chi connectivity index (χ2v) is 9.85. The Labute approximate surface area is 164 Å². The fourth-order valence-corrected chi connectivity index (χ4v) is 4.29. The Balaban J connectivity index is 1.73. The van der Waals surface area contributed by atoms with Crippen LogP contribution in [0.2, 0.25) is 0 Å². The average molecular weight is 411 g/mol. The summed E-state index contributed by atoms with van der Waals surface area (Å²) in [6.07, 6.45) is 5.93. The van der Waals surface area contributed by atoms with Gasteiger partial charge in [0.05, 0.1) is 16.8 Å². The van der Waals surface area contributed by atoms with Crippen LogP contribution in [0, 0.1) is 0 Å². The van der Waals surface area contributed by atoms with Crippen molar-refractivity contribution in [3.8, 4) is 0 Å². The van der Waals surface area contributed by atoms with Crippen molar-refractivity contribution in [3.63, 3.8) is 0 Å². The van der Waals surface area contributed by atoms with Crippen molar-refractivity contribution in [2.45, 2.75) is 44.6 Å². The van der Waals surface area contributed by atoms with Crippen LogP contribution >= 0.6 is 11.8 Å². The number of carbonyl (C=O) groups excluding carboxylic acids is 1. The second-order valence-electron chi connectivity index (χ2n) is 6.83. The van der Waals surface area contributed by atoms with Gasteiger partial charge in [-0.15, -0.1) is 0 Å². The van der Waals surface area contributed by atoms with Crippen LogP contribution in [0.25, 0.3) is 11.0 Å². The summed E-state index contributed by atoms with van der Waals surface area (Å²) >= 11 is 1.57. The predicted molar refractivity (Wildman–Crippen MR) is 111 cm³/mol. The number of nitrogens with one attached hydrogen (secondary N) is 3. The zero-order valence-corrected chi connectivity index (χ0v) is 17.3. The van der Waals surface area contributed by atoms with Crippen molar-refractivity contribution in [1.29, 1.82) is 0 Å². The summed E-state index contributed by atoms with van der Waals surface area (Å²) in [4.78, 5) is 20.6. The Hall–Kier alpha value is -1.58. The van der Waals surface area contributed by atoms with Gasteiger partial charge in [-0.05, 0) is 56.4 Å². The number of H-pyrrole nitrogens is 1. The Morgan fingerprint density at radius 1 is 1.41 bits per heavy atom. The predicted octanol–water partition coefficient (Wildman–Crippen LogP) is 2.83. The first kappa shape index (κ1) is 20.2. The Morgan fingerprint density at radius 3 is 2.81 bits per heavy atom. The molecule has 1 heterocycles. The lowest BCUT2D eigenvalue weighted by atomic mass is 9.85. The minimum atomic E-state index is -3.46. The number of benzene rings is 1. The number of hydrogen-bond donors (Lipinski definition) is 3. The van der Waals surface area contributed by atoms with E-state index in [2.05, 4.69) is 20.0 Å². The molecule has 0 aliphatic heterocycles. The molecule has 0 bridgehead atoms. The smallest absolute Gasteiger partial charge is 0.242 e. The Bertz CT molecular complexity index is 906. The maximum absolute atomic E-state index is 12.6. The van der Waals surface area contributed by atoms with E-state index in [-0.39, 0.29) is 11.7 Å². The SMILES string of the molecule is CCS(=O)(=O)NC(CCSC)C(=O)Nc1ccc2nc(C3CCC3)[nH]c2c1. The van der Waals surface area contributed by atoms with Crippen molar-refractivity contribution < 1.29 is 13.2 Å². The van der Waals surface area contributed by atoms with Gasteiger partial charge in [-0.1, -0.05) is 6.42 Å². The molecule has 1 atom stereocenters. The molecule has 9 heteroatoms. The summed E-state index contributed by atoms with van der Waals surface area (Å²) in [7, 11) is -3.46. The first-order valence-electron chi connectivity index (χ1n) is 9.21. The molecule has 148 valence electrons. The topological polar surface area (TPSA) is 104 Å². The third-order valence-corrected chi connectivity index (χ3v) is 6.94. The van der Waals surface area contributed by atoms with Crippen LogP contribution in [0.4, 0.5) is 5.69 Å². The zero-order chi connectivity index (χ0) is 19.4. The Morgan fingerprint density at radius 2 is 2.19 bits per heavy atom. The molecule has 0 saturated heterocycles. The van der Waals surface area contributed by atoms with Gasteiger partial charge in [0.2, 0.25) is 15.9 Å². The number of aromatic nitrogens is 2.